The number of hydrogen-bond acceptors (Lipinski definition) is 9. The predicted octanol–water partition coefficient (Wildman–Crippen LogP) is 5.06. The summed E-state index contributed by atoms with van der Waals surface area (Å²) >= 11 is 0. The minimum Gasteiger partial charge on any atom is -0.493 e. The fourth-order valence-electron chi connectivity index (χ4n) is 4.83. The van der Waals surface area contributed by atoms with Gasteiger partial charge in [-0.3, -0.25) is 9.67 Å². The number of para-hydroxylation sites is 1. The Bertz CT molecular complexity index is 1720. The number of halogens is 2. The maximum atomic E-state index is 15.1. The van der Waals surface area contributed by atoms with Crippen LogP contribution in [0.4, 0.5) is 20.3 Å². The summed E-state index contributed by atoms with van der Waals surface area (Å²) < 4.78 is 53.2. The largest absolute Gasteiger partial charge is 0.493 e. The highest BCUT2D eigenvalue weighted by Gasteiger charge is 2.24. The molecule has 1 aliphatic heterocycles. The van der Waals surface area contributed by atoms with Crippen molar-refractivity contribution in [1.29, 1.82) is 0 Å². The number of pyridine rings is 1. The summed E-state index contributed by atoms with van der Waals surface area (Å²) in [6, 6.07) is 11.6. The third-order valence-corrected chi connectivity index (χ3v) is 6.93. The van der Waals surface area contributed by atoms with Crippen molar-refractivity contribution in [2.75, 3.05) is 39.4 Å². The van der Waals surface area contributed by atoms with Crippen LogP contribution in [-0.4, -0.2) is 58.8 Å². The first kappa shape index (κ1) is 27.5. The summed E-state index contributed by atoms with van der Waals surface area (Å²) in [6.07, 6.45) is 3.86. The number of benzene rings is 2. The van der Waals surface area contributed by atoms with Gasteiger partial charge in [0.1, 0.15) is 35.5 Å². The third-order valence-electron chi connectivity index (χ3n) is 6.93. The van der Waals surface area contributed by atoms with Gasteiger partial charge in [-0.05, 0) is 12.1 Å². The number of fused-ring (bicyclic) bond motifs is 2. The first-order valence-electron chi connectivity index (χ1n) is 13.3. The van der Waals surface area contributed by atoms with Crippen molar-refractivity contribution in [2.45, 2.75) is 19.6 Å². The zero-order valence-electron chi connectivity index (χ0n) is 23.1. The molecule has 0 saturated heterocycles. The van der Waals surface area contributed by atoms with Crippen LogP contribution in [0.15, 0.2) is 54.9 Å². The Labute approximate surface area is 240 Å². The highest BCUT2D eigenvalue weighted by atomic mass is 19.1. The van der Waals surface area contributed by atoms with Gasteiger partial charge >= 0.3 is 0 Å². The van der Waals surface area contributed by atoms with E-state index in [0.29, 0.717) is 60.5 Å². The molecule has 1 N–H and O–H groups in total. The first-order valence-corrected chi connectivity index (χ1v) is 13.3. The van der Waals surface area contributed by atoms with E-state index in [0.717, 1.165) is 16.6 Å². The Balaban J connectivity index is 1.40. The maximum Gasteiger partial charge on any atom is 0.183 e. The molecule has 0 atom stereocenters. The lowest BCUT2D eigenvalue weighted by atomic mass is 10.1. The summed E-state index contributed by atoms with van der Waals surface area (Å²) in [4.78, 5) is 13.8. The number of nitrogens with one attached hydrogen (secondary N) is 1. The van der Waals surface area contributed by atoms with E-state index in [1.54, 1.807) is 30.3 Å². The van der Waals surface area contributed by atoms with Crippen molar-refractivity contribution >= 4 is 22.4 Å². The van der Waals surface area contributed by atoms with E-state index in [4.69, 9.17) is 34.0 Å². The summed E-state index contributed by atoms with van der Waals surface area (Å²) in [5, 5.41) is 8.86. The van der Waals surface area contributed by atoms with Gasteiger partial charge in [0.05, 0.1) is 56.6 Å². The van der Waals surface area contributed by atoms with E-state index >= 15 is 8.78 Å². The van der Waals surface area contributed by atoms with Crippen LogP contribution in [0, 0.1) is 11.6 Å². The Kier molecular flexibility index (Phi) is 7.89. The molecule has 1 aliphatic rings. The standard InChI is InChI=1S/C30H28F2N6O4/c1-39-11-12-42-18-13-22(31)20(23(32)14-18)16-38-26-6-4-3-5-19(26)28(37-38)30-34-24-8-10-41-17-21(24)29(36-30)35-25-7-9-33-15-27(25)40-2/h3-7,9,13-15H,8,10-12,16-17H2,1-2H3,(H,33,34,35,36). The van der Waals surface area contributed by atoms with Gasteiger partial charge in [0.2, 0.25) is 0 Å². The van der Waals surface area contributed by atoms with E-state index in [2.05, 4.69) is 10.3 Å². The molecule has 5 aromatic rings. The van der Waals surface area contributed by atoms with Gasteiger partial charge in [0.15, 0.2) is 11.6 Å². The topological polar surface area (TPSA) is 105 Å². The van der Waals surface area contributed by atoms with Crippen LogP contribution in [0.1, 0.15) is 16.8 Å². The number of aromatic nitrogens is 5. The van der Waals surface area contributed by atoms with Crippen molar-refractivity contribution in [1.82, 2.24) is 24.7 Å². The molecule has 6 rings (SSSR count). The quantitative estimate of drug-likeness (QED) is 0.229. The zero-order chi connectivity index (χ0) is 29.1. The summed E-state index contributed by atoms with van der Waals surface area (Å²) in [7, 11) is 3.09. The molecule has 0 radical (unpaired) electrons. The lowest BCUT2D eigenvalue weighted by molar-refractivity contribution is 0.109. The lowest BCUT2D eigenvalue weighted by Gasteiger charge is -2.20. The van der Waals surface area contributed by atoms with E-state index in [-0.39, 0.29) is 24.5 Å². The van der Waals surface area contributed by atoms with Crippen LogP contribution in [-0.2, 0) is 29.0 Å². The van der Waals surface area contributed by atoms with Crippen molar-refractivity contribution < 1.29 is 27.7 Å². The molecule has 12 heteroatoms. The zero-order valence-corrected chi connectivity index (χ0v) is 23.1. The van der Waals surface area contributed by atoms with Crippen LogP contribution in [0.5, 0.6) is 11.5 Å². The van der Waals surface area contributed by atoms with E-state index in [1.165, 1.54) is 19.2 Å². The van der Waals surface area contributed by atoms with Gasteiger partial charge in [-0.25, -0.2) is 18.7 Å². The Morgan fingerprint density at radius 3 is 2.69 bits per heavy atom. The number of anilines is 2. The van der Waals surface area contributed by atoms with Crippen LogP contribution in [0.25, 0.3) is 22.4 Å². The fraction of sp³-hybridized carbons (Fsp3) is 0.267. The minimum atomic E-state index is -0.730. The highest BCUT2D eigenvalue weighted by Crippen LogP contribution is 2.34. The van der Waals surface area contributed by atoms with Gasteiger partial charge in [0.25, 0.3) is 0 Å². The molecule has 10 nitrogen and oxygen atoms in total. The lowest BCUT2D eigenvalue weighted by Crippen LogP contribution is -2.16. The van der Waals surface area contributed by atoms with Gasteiger partial charge in [0, 0.05) is 48.4 Å². The Morgan fingerprint density at radius 1 is 1.05 bits per heavy atom. The molecule has 0 fully saturated rings. The van der Waals surface area contributed by atoms with Crippen LogP contribution in [0.3, 0.4) is 0 Å². The number of rotatable bonds is 10. The number of hydrogen-bond donors (Lipinski definition) is 1. The summed E-state index contributed by atoms with van der Waals surface area (Å²) in [5.41, 5.74) is 3.39. The number of methoxy groups -OCH3 is 2. The Hall–Kier alpha value is -4.68. The van der Waals surface area contributed by atoms with E-state index in [9.17, 15) is 0 Å². The van der Waals surface area contributed by atoms with Crippen molar-refractivity contribution in [3.05, 3.63) is 83.3 Å². The fourth-order valence-corrected chi connectivity index (χ4v) is 4.83. The SMILES string of the molecule is COCCOc1cc(F)c(Cn2nc(-c3nc4c(c(Nc5ccncc5OC)n3)COCC4)c3ccccc32)c(F)c1. The predicted molar refractivity (Wildman–Crippen MR) is 151 cm³/mol. The molecule has 0 unspecified atom stereocenters. The second-order valence-corrected chi connectivity index (χ2v) is 9.55. The van der Waals surface area contributed by atoms with E-state index in [1.807, 2.05) is 24.3 Å². The molecule has 3 aromatic heterocycles. The molecule has 0 bridgehead atoms. The molecule has 0 amide bonds. The van der Waals surface area contributed by atoms with Gasteiger partial charge in [-0.1, -0.05) is 18.2 Å². The van der Waals surface area contributed by atoms with Gasteiger partial charge in [-0.2, -0.15) is 5.10 Å². The molecule has 216 valence electrons. The molecule has 2 aromatic carbocycles. The van der Waals surface area contributed by atoms with Gasteiger partial charge in [-0.15, -0.1) is 0 Å². The van der Waals surface area contributed by atoms with Crippen LogP contribution >= 0.6 is 0 Å². The summed E-state index contributed by atoms with van der Waals surface area (Å²) in [6.45, 7) is 1.22. The normalized spacial score (nSPS) is 12.8. The molecule has 0 aliphatic carbocycles. The maximum absolute atomic E-state index is 15.1. The highest BCUT2D eigenvalue weighted by molar-refractivity contribution is 5.92. The van der Waals surface area contributed by atoms with Crippen molar-refractivity contribution in [3.8, 4) is 23.0 Å². The molecule has 0 spiro atoms. The molecule has 42 heavy (non-hydrogen) atoms. The van der Waals surface area contributed by atoms with Crippen LogP contribution < -0.4 is 14.8 Å². The third kappa shape index (κ3) is 5.46. The van der Waals surface area contributed by atoms with Gasteiger partial charge < -0.3 is 24.3 Å². The minimum absolute atomic E-state index is 0.0918. The second kappa shape index (κ2) is 12.0. The smallest absolute Gasteiger partial charge is 0.183 e. The summed E-state index contributed by atoms with van der Waals surface area (Å²) in [5.74, 6) is 0.117. The average molecular weight is 575 g/mol. The monoisotopic (exact) mass is 574 g/mol. The average Bonchev–Trinajstić information content (AvgIpc) is 3.38. The van der Waals surface area contributed by atoms with Crippen LogP contribution in [0.2, 0.25) is 0 Å². The molecule has 4 heterocycles. The van der Waals surface area contributed by atoms with E-state index < -0.39 is 11.6 Å². The van der Waals surface area contributed by atoms with Crippen molar-refractivity contribution in [3.63, 3.8) is 0 Å². The first-order chi connectivity index (χ1) is 20.6. The van der Waals surface area contributed by atoms with Crippen molar-refractivity contribution in [2.24, 2.45) is 0 Å². The number of nitrogens with zero attached hydrogens (tertiary/aromatic N) is 5. The molecular formula is C30H28F2N6O4. The molecular weight excluding hydrogens is 546 g/mol. The Morgan fingerprint density at radius 2 is 1.88 bits per heavy atom. The second-order valence-electron chi connectivity index (χ2n) is 9.55. The molecule has 0 saturated carbocycles. The number of ether oxygens (including phenoxy) is 4.